The molecule has 1 aromatic rings. The number of carbonyl (C=O) groups is 1. The number of amides is 1. The fourth-order valence-electron chi connectivity index (χ4n) is 1.11. The molecule has 0 radical (unpaired) electrons. The average molecular weight is 209 g/mol. The Balaban J connectivity index is 2.69. The number of nitrogens with one attached hydrogen (secondary N) is 1. The van der Waals surface area contributed by atoms with Crippen molar-refractivity contribution >= 4 is 5.91 Å². The maximum Gasteiger partial charge on any atom is 0.255 e. The highest BCUT2D eigenvalue weighted by atomic mass is 16.3. The SMILES string of the molecule is Cc1occc1C(=O)N[C@@H](C)C(C)(C)C. The fourth-order valence-corrected chi connectivity index (χ4v) is 1.11. The topological polar surface area (TPSA) is 42.2 Å². The minimum Gasteiger partial charge on any atom is -0.469 e. The van der Waals surface area contributed by atoms with Crippen molar-refractivity contribution in [1.29, 1.82) is 0 Å². The quantitative estimate of drug-likeness (QED) is 0.813. The van der Waals surface area contributed by atoms with Gasteiger partial charge in [-0.3, -0.25) is 4.79 Å². The van der Waals surface area contributed by atoms with Crippen molar-refractivity contribution in [2.75, 3.05) is 0 Å². The number of hydrogen-bond donors (Lipinski definition) is 1. The Labute approximate surface area is 90.9 Å². The second-order valence-corrected chi connectivity index (χ2v) is 4.95. The van der Waals surface area contributed by atoms with Gasteiger partial charge in [-0.25, -0.2) is 0 Å². The highest BCUT2D eigenvalue weighted by molar-refractivity contribution is 5.95. The maximum atomic E-state index is 11.8. The highest BCUT2D eigenvalue weighted by Gasteiger charge is 2.23. The van der Waals surface area contributed by atoms with Crippen molar-refractivity contribution < 1.29 is 9.21 Å². The molecular formula is C12H19NO2. The zero-order valence-electron chi connectivity index (χ0n) is 10.0. The molecule has 1 rings (SSSR count). The first kappa shape index (κ1) is 11.8. The highest BCUT2D eigenvalue weighted by Crippen LogP contribution is 2.19. The summed E-state index contributed by atoms with van der Waals surface area (Å²) < 4.78 is 5.09. The van der Waals surface area contributed by atoms with Crippen molar-refractivity contribution in [3.8, 4) is 0 Å². The lowest BCUT2D eigenvalue weighted by Gasteiger charge is -2.27. The fraction of sp³-hybridized carbons (Fsp3) is 0.583. The van der Waals surface area contributed by atoms with Crippen molar-refractivity contribution in [1.82, 2.24) is 5.32 Å². The lowest BCUT2D eigenvalue weighted by atomic mass is 9.88. The summed E-state index contributed by atoms with van der Waals surface area (Å²) in [5.74, 6) is 0.595. The van der Waals surface area contributed by atoms with Crippen LogP contribution in [0.5, 0.6) is 0 Å². The standard InChI is InChI=1S/C12H19NO2/c1-8-10(6-7-15-8)11(14)13-9(2)12(3,4)5/h6-7,9H,1-5H3,(H,13,14)/t9-/m0/s1. The van der Waals surface area contributed by atoms with Gasteiger partial charge in [-0.05, 0) is 25.3 Å². The van der Waals surface area contributed by atoms with Crippen LogP contribution in [0.2, 0.25) is 0 Å². The molecule has 1 atom stereocenters. The van der Waals surface area contributed by atoms with E-state index in [1.165, 1.54) is 6.26 Å². The van der Waals surface area contributed by atoms with Gasteiger partial charge in [-0.2, -0.15) is 0 Å². The molecule has 0 aliphatic heterocycles. The van der Waals surface area contributed by atoms with Gasteiger partial charge < -0.3 is 9.73 Å². The average Bonchev–Trinajstić information content (AvgIpc) is 2.49. The van der Waals surface area contributed by atoms with Crippen LogP contribution < -0.4 is 5.32 Å². The molecule has 0 saturated heterocycles. The molecule has 1 N–H and O–H groups in total. The molecule has 0 bridgehead atoms. The van der Waals surface area contributed by atoms with Gasteiger partial charge in [0.05, 0.1) is 11.8 Å². The van der Waals surface area contributed by atoms with Gasteiger partial charge in [0.15, 0.2) is 0 Å². The van der Waals surface area contributed by atoms with E-state index in [0.29, 0.717) is 11.3 Å². The largest absolute Gasteiger partial charge is 0.469 e. The molecule has 0 aliphatic rings. The van der Waals surface area contributed by atoms with Crippen molar-refractivity contribution in [2.24, 2.45) is 5.41 Å². The van der Waals surface area contributed by atoms with E-state index >= 15 is 0 Å². The summed E-state index contributed by atoms with van der Waals surface area (Å²) in [5.41, 5.74) is 0.680. The molecule has 0 spiro atoms. The zero-order chi connectivity index (χ0) is 11.6. The van der Waals surface area contributed by atoms with Crippen LogP contribution in [0.1, 0.15) is 43.8 Å². The molecular weight excluding hydrogens is 190 g/mol. The van der Waals surface area contributed by atoms with Crippen LogP contribution >= 0.6 is 0 Å². The molecule has 3 nitrogen and oxygen atoms in total. The first-order chi connectivity index (χ1) is 6.82. The number of rotatable bonds is 2. The van der Waals surface area contributed by atoms with Gasteiger partial charge in [0, 0.05) is 6.04 Å². The minimum atomic E-state index is -0.0660. The summed E-state index contributed by atoms with van der Waals surface area (Å²) in [6.45, 7) is 10.1. The first-order valence-corrected chi connectivity index (χ1v) is 5.17. The Morgan fingerprint density at radius 3 is 2.47 bits per heavy atom. The molecule has 1 heterocycles. The van der Waals surface area contributed by atoms with Gasteiger partial charge in [0.2, 0.25) is 0 Å². The molecule has 0 aliphatic carbocycles. The predicted molar refractivity (Wildman–Crippen MR) is 59.8 cm³/mol. The van der Waals surface area contributed by atoms with E-state index in [-0.39, 0.29) is 17.4 Å². The van der Waals surface area contributed by atoms with Crippen LogP contribution in [-0.4, -0.2) is 11.9 Å². The molecule has 1 amide bonds. The summed E-state index contributed by atoms with van der Waals surface area (Å²) >= 11 is 0. The Hall–Kier alpha value is -1.25. The van der Waals surface area contributed by atoms with Crippen LogP contribution in [0.4, 0.5) is 0 Å². The number of furan rings is 1. The molecule has 0 saturated carbocycles. The van der Waals surface area contributed by atoms with E-state index in [1.54, 1.807) is 13.0 Å². The van der Waals surface area contributed by atoms with Crippen molar-refractivity contribution in [3.05, 3.63) is 23.7 Å². The number of hydrogen-bond acceptors (Lipinski definition) is 2. The van der Waals surface area contributed by atoms with Gasteiger partial charge in [0.1, 0.15) is 5.76 Å². The van der Waals surface area contributed by atoms with E-state index in [1.807, 2.05) is 6.92 Å². The molecule has 15 heavy (non-hydrogen) atoms. The van der Waals surface area contributed by atoms with Crippen LogP contribution in [0.15, 0.2) is 16.7 Å². The van der Waals surface area contributed by atoms with Crippen molar-refractivity contribution in [2.45, 2.75) is 40.7 Å². The van der Waals surface area contributed by atoms with E-state index in [2.05, 4.69) is 26.1 Å². The third-order valence-corrected chi connectivity index (χ3v) is 2.75. The lowest BCUT2D eigenvalue weighted by Crippen LogP contribution is -2.41. The van der Waals surface area contributed by atoms with Crippen LogP contribution in [-0.2, 0) is 0 Å². The second-order valence-electron chi connectivity index (χ2n) is 4.95. The van der Waals surface area contributed by atoms with Crippen molar-refractivity contribution in [3.63, 3.8) is 0 Å². The van der Waals surface area contributed by atoms with E-state index < -0.39 is 0 Å². The molecule has 84 valence electrons. The molecule has 3 heteroatoms. The van der Waals surface area contributed by atoms with Gasteiger partial charge in [-0.1, -0.05) is 20.8 Å². The Morgan fingerprint density at radius 2 is 2.07 bits per heavy atom. The Kier molecular flexibility index (Phi) is 3.22. The monoisotopic (exact) mass is 209 g/mol. The summed E-state index contributed by atoms with van der Waals surface area (Å²) in [6, 6.07) is 1.82. The third kappa shape index (κ3) is 2.85. The van der Waals surface area contributed by atoms with E-state index in [0.717, 1.165) is 0 Å². The number of carbonyl (C=O) groups excluding carboxylic acids is 1. The second kappa shape index (κ2) is 4.09. The summed E-state index contributed by atoms with van der Waals surface area (Å²) in [5, 5.41) is 2.96. The first-order valence-electron chi connectivity index (χ1n) is 5.17. The zero-order valence-corrected chi connectivity index (χ0v) is 10.0. The summed E-state index contributed by atoms with van der Waals surface area (Å²) in [6.07, 6.45) is 1.53. The van der Waals surface area contributed by atoms with Gasteiger partial charge >= 0.3 is 0 Å². The van der Waals surface area contributed by atoms with Gasteiger partial charge in [-0.15, -0.1) is 0 Å². The smallest absolute Gasteiger partial charge is 0.255 e. The number of aryl methyl sites for hydroxylation is 1. The van der Waals surface area contributed by atoms with E-state index in [9.17, 15) is 4.79 Å². The molecule has 0 unspecified atom stereocenters. The third-order valence-electron chi connectivity index (χ3n) is 2.75. The molecule has 0 fully saturated rings. The summed E-state index contributed by atoms with van der Waals surface area (Å²) in [4.78, 5) is 11.8. The Morgan fingerprint density at radius 1 is 1.47 bits per heavy atom. The summed E-state index contributed by atoms with van der Waals surface area (Å²) in [7, 11) is 0. The van der Waals surface area contributed by atoms with Gasteiger partial charge in [0.25, 0.3) is 5.91 Å². The van der Waals surface area contributed by atoms with Crippen LogP contribution in [0, 0.1) is 12.3 Å². The van der Waals surface area contributed by atoms with Crippen LogP contribution in [0.3, 0.4) is 0 Å². The minimum absolute atomic E-state index is 0.0628. The lowest BCUT2D eigenvalue weighted by molar-refractivity contribution is 0.0908. The Bertz CT molecular complexity index is 347. The normalized spacial score (nSPS) is 13.7. The predicted octanol–water partition coefficient (Wildman–Crippen LogP) is 2.75. The maximum absolute atomic E-state index is 11.8. The molecule has 0 aromatic carbocycles. The molecule has 1 aromatic heterocycles. The van der Waals surface area contributed by atoms with E-state index in [4.69, 9.17) is 4.42 Å². The van der Waals surface area contributed by atoms with Crippen LogP contribution in [0.25, 0.3) is 0 Å².